The van der Waals surface area contributed by atoms with E-state index in [0.29, 0.717) is 11.5 Å². The number of aromatic nitrogens is 3. The van der Waals surface area contributed by atoms with Crippen LogP contribution in [-0.4, -0.2) is 20.9 Å². The second kappa shape index (κ2) is 4.06. The molecule has 0 aliphatic carbocycles. The van der Waals surface area contributed by atoms with E-state index in [4.69, 9.17) is 5.73 Å². The lowest BCUT2D eigenvalue weighted by Gasteiger charge is -2.03. The van der Waals surface area contributed by atoms with Gasteiger partial charge >= 0.3 is 0 Å². The molecule has 0 aliphatic heterocycles. The molecule has 0 unspecified atom stereocenters. The molecule has 0 spiro atoms. The molecule has 0 aromatic carbocycles. The number of primary amides is 1. The number of amides is 1. The van der Waals surface area contributed by atoms with Gasteiger partial charge in [0.15, 0.2) is 5.82 Å². The van der Waals surface area contributed by atoms with Crippen molar-refractivity contribution in [3.05, 3.63) is 41.9 Å². The van der Waals surface area contributed by atoms with E-state index in [1.807, 2.05) is 19.1 Å². The Morgan fingerprint density at radius 3 is 2.75 bits per heavy atom. The molecular weight excluding hydrogens is 204 g/mol. The van der Waals surface area contributed by atoms with Crippen LogP contribution < -0.4 is 5.73 Å². The van der Waals surface area contributed by atoms with Crippen molar-refractivity contribution in [2.24, 2.45) is 5.73 Å². The fourth-order valence-corrected chi connectivity index (χ4v) is 1.33. The van der Waals surface area contributed by atoms with Gasteiger partial charge in [0.05, 0.1) is 0 Å². The average molecular weight is 214 g/mol. The Morgan fingerprint density at radius 1 is 1.25 bits per heavy atom. The van der Waals surface area contributed by atoms with Gasteiger partial charge in [-0.05, 0) is 24.6 Å². The van der Waals surface area contributed by atoms with Crippen LogP contribution in [0.15, 0.2) is 30.6 Å². The Hall–Kier alpha value is -2.30. The van der Waals surface area contributed by atoms with Crippen LogP contribution in [0.3, 0.4) is 0 Å². The Morgan fingerprint density at radius 2 is 2.06 bits per heavy atom. The van der Waals surface area contributed by atoms with E-state index >= 15 is 0 Å². The van der Waals surface area contributed by atoms with Crippen LogP contribution in [0, 0.1) is 6.92 Å². The lowest BCUT2D eigenvalue weighted by atomic mass is 10.2. The zero-order chi connectivity index (χ0) is 11.5. The van der Waals surface area contributed by atoms with Gasteiger partial charge in [-0.25, -0.2) is 9.97 Å². The van der Waals surface area contributed by atoms with Crippen LogP contribution in [0.25, 0.3) is 11.5 Å². The average Bonchev–Trinajstić information content (AvgIpc) is 2.30. The van der Waals surface area contributed by atoms with Gasteiger partial charge in [0, 0.05) is 12.4 Å². The van der Waals surface area contributed by atoms with Crippen molar-refractivity contribution < 1.29 is 4.79 Å². The zero-order valence-corrected chi connectivity index (χ0v) is 8.71. The maximum absolute atomic E-state index is 11.0. The first kappa shape index (κ1) is 10.2. The summed E-state index contributed by atoms with van der Waals surface area (Å²) >= 11 is 0. The number of hydrogen-bond acceptors (Lipinski definition) is 4. The number of hydrogen-bond donors (Lipinski definition) is 1. The quantitative estimate of drug-likeness (QED) is 0.806. The monoisotopic (exact) mass is 214 g/mol. The molecule has 0 aliphatic rings. The summed E-state index contributed by atoms with van der Waals surface area (Å²) in [5.74, 6) is -0.161. The van der Waals surface area contributed by atoms with Gasteiger partial charge in [-0.3, -0.25) is 9.78 Å². The van der Waals surface area contributed by atoms with Crippen LogP contribution in [0.4, 0.5) is 0 Å². The lowest BCUT2D eigenvalue weighted by molar-refractivity contribution is 0.0995. The second-order valence-corrected chi connectivity index (χ2v) is 3.30. The highest BCUT2D eigenvalue weighted by Gasteiger charge is 2.08. The molecule has 0 bridgehead atoms. The number of carbonyl (C=O) groups is 1. The lowest BCUT2D eigenvalue weighted by Crippen LogP contribution is -2.13. The van der Waals surface area contributed by atoms with E-state index in [-0.39, 0.29) is 5.69 Å². The first-order chi connectivity index (χ1) is 7.68. The number of rotatable bonds is 2. The van der Waals surface area contributed by atoms with Gasteiger partial charge in [-0.1, -0.05) is 6.07 Å². The van der Waals surface area contributed by atoms with Gasteiger partial charge in [-0.2, -0.15) is 0 Å². The van der Waals surface area contributed by atoms with Gasteiger partial charge in [0.2, 0.25) is 0 Å². The van der Waals surface area contributed by atoms with Crippen molar-refractivity contribution in [1.29, 1.82) is 0 Å². The molecule has 0 saturated heterocycles. The molecule has 0 radical (unpaired) electrons. The molecule has 5 nitrogen and oxygen atoms in total. The maximum atomic E-state index is 11.0. The molecule has 2 rings (SSSR count). The highest BCUT2D eigenvalue weighted by atomic mass is 16.1. The van der Waals surface area contributed by atoms with E-state index < -0.39 is 5.91 Å². The molecule has 16 heavy (non-hydrogen) atoms. The zero-order valence-electron chi connectivity index (χ0n) is 8.71. The third-order valence-corrected chi connectivity index (χ3v) is 2.13. The summed E-state index contributed by atoms with van der Waals surface area (Å²) in [6.45, 7) is 1.91. The topological polar surface area (TPSA) is 81.8 Å². The van der Waals surface area contributed by atoms with E-state index in [2.05, 4.69) is 15.0 Å². The Balaban J connectivity index is 2.53. The van der Waals surface area contributed by atoms with Crippen molar-refractivity contribution in [2.75, 3.05) is 0 Å². The first-order valence-corrected chi connectivity index (χ1v) is 4.73. The summed E-state index contributed by atoms with van der Waals surface area (Å²) < 4.78 is 0. The Labute approximate surface area is 92.4 Å². The molecule has 80 valence electrons. The van der Waals surface area contributed by atoms with Crippen molar-refractivity contribution in [2.45, 2.75) is 6.92 Å². The van der Waals surface area contributed by atoms with Crippen LogP contribution in [-0.2, 0) is 0 Å². The SMILES string of the molecule is Cc1cccnc1-c1nccc(C(N)=O)n1. The number of pyridine rings is 1. The normalized spacial score (nSPS) is 10.1. The summed E-state index contributed by atoms with van der Waals surface area (Å²) in [6, 6.07) is 5.21. The second-order valence-electron chi connectivity index (χ2n) is 3.30. The maximum Gasteiger partial charge on any atom is 0.267 e. The minimum absolute atomic E-state index is 0.190. The molecule has 2 heterocycles. The third kappa shape index (κ3) is 1.88. The van der Waals surface area contributed by atoms with Crippen molar-refractivity contribution in [3.63, 3.8) is 0 Å². The van der Waals surface area contributed by atoms with Gasteiger partial charge in [-0.15, -0.1) is 0 Å². The fraction of sp³-hybridized carbons (Fsp3) is 0.0909. The van der Waals surface area contributed by atoms with Crippen LogP contribution in [0.1, 0.15) is 16.1 Å². The van der Waals surface area contributed by atoms with Crippen LogP contribution in [0.2, 0.25) is 0 Å². The molecule has 5 heteroatoms. The standard InChI is InChI=1S/C11H10N4O/c1-7-3-2-5-13-9(7)11-14-6-4-8(15-11)10(12)16/h2-6H,1H3,(H2,12,16). The molecular formula is C11H10N4O. The largest absolute Gasteiger partial charge is 0.364 e. The number of nitrogens with zero attached hydrogens (tertiary/aromatic N) is 3. The number of nitrogens with two attached hydrogens (primary N) is 1. The molecule has 0 atom stereocenters. The minimum atomic E-state index is -0.572. The van der Waals surface area contributed by atoms with Crippen molar-refractivity contribution in [3.8, 4) is 11.5 Å². The number of carbonyl (C=O) groups excluding carboxylic acids is 1. The predicted octanol–water partition coefficient (Wildman–Crippen LogP) is 0.946. The Kier molecular flexibility index (Phi) is 2.59. The third-order valence-electron chi connectivity index (χ3n) is 2.13. The summed E-state index contributed by atoms with van der Waals surface area (Å²) in [5.41, 5.74) is 6.95. The van der Waals surface area contributed by atoms with Crippen LogP contribution in [0.5, 0.6) is 0 Å². The molecule has 2 N–H and O–H groups in total. The molecule has 0 saturated carbocycles. The molecule has 0 fully saturated rings. The highest BCUT2D eigenvalue weighted by molar-refractivity contribution is 5.91. The smallest absolute Gasteiger partial charge is 0.267 e. The van der Waals surface area contributed by atoms with E-state index in [0.717, 1.165) is 5.56 Å². The molecule has 2 aromatic heterocycles. The summed E-state index contributed by atoms with van der Waals surface area (Å²) in [5, 5.41) is 0. The number of aryl methyl sites for hydroxylation is 1. The van der Waals surface area contributed by atoms with Crippen molar-refractivity contribution >= 4 is 5.91 Å². The highest BCUT2D eigenvalue weighted by Crippen LogP contribution is 2.15. The first-order valence-electron chi connectivity index (χ1n) is 4.73. The van der Waals surface area contributed by atoms with Gasteiger partial charge in [0.25, 0.3) is 5.91 Å². The summed E-state index contributed by atoms with van der Waals surface area (Å²) in [6.07, 6.45) is 3.15. The van der Waals surface area contributed by atoms with E-state index in [1.165, 1.54) is 12.3 Å². The van der Waals surface area contributed by atoms with Gasteiger partial charge in [0.1, 0.15) is 11.4 Å². The Bertz CT molecular complexity index is 539. The molecule has 2 aromatic rings. The predicted molar refractivity (Wildman–Crippen MR) is 58.5 cm³/mol. The minimum Gasteiger partial charge on any atom is -0.364 e. The van der Waals surface area contributed by atoms with E-state index in [1.54, 1.807) is 6.20 Å². The fourth-order valence-electron chi connectivity index (χ4n) is 1.33. The summed E-state index contributed by atoms with van der Waals surface area (Å²) in [4.78, 5) is 23.3. The van der Waals surface area contributed by atoms with Crippen LogP contribution >= 0.6 is 0 Å². The van der Waals surface area contributed by atoms with E-state index in [9.17, 15) is 4.79 Å². The molecule has 1 amide bonds. The van der Waals surface area contributed by atoms with Crippen molar-refractivity contribution in [1.82, 2.24) is 15.0 Å². The summed E-state index contributed by atoms with van der Waals surface area (Å²) in [7, 11) is 0. The van der Waals surface area contributed by atoms with Gasteiger partial charge < -0.3 is 5.73 Å².